The second-order valence-electron chi connectivity index (χ2n) is 12.6. The van der Waals surface area contributed by atoms with Gasteiger partial charge in [0.05, 0.1) is 0 Å². The molecule has 3 unspecified atom stereocenters. The number of fused-ring (bicyclic) bond motifs is 1. The highest BCUT2D eigenvalue weighted by atomic mass is 16.6. The summed E-state index contributed by atoms with van der Waals surface area (Å²) in [6, 6.07) is 0. The van der Waals surface area contributed by atoms with Crippen LogP contribution >= 0.6 is 0 Å². The summed E-state index contributed by atoms with van der Waals surface area (Å²) in [5, 5.41) is 0. The lowest BCUT2D eigenvalue weighted by Crippen LogP contribution is -2.45. The first-order valence-corrected chi connectivity index (χ1v) is 15.3. The average molecular weight is 487 g/mol. The summed E-state index contributed by atoms with van der Waals surface area (Å²) in [5.74, 6) is 1.07. The Bertz CT molecular complexity index is 645. The first-order valence-electron chi connectivity index (χ1n) is 15.3. The molecule has 0 amide bonds. The zero-order valence-corrected chi connectivity index (χ0v) is 24.0. The van der Waals surface area contributed by atoms with Crippen LogP contribution in [0.1, 0.15) is 156 Å². The molecular weight excluding hydrogens is 428 g/mol. The van der Waals surface area contributed by atoms with E-state index in [2.05, 4.69) is 46.4 Å². The second-order valence-corrected chi connectivity index (χ2v) is 12.6. The Morgan fingerprint density at radius 3 is 2.23 bits per heavy atom. The SMILES string of the molecule is C=C1CCCC2(C)CCC(C(C)(C)OC(=O)CCCCCCCC=CCCCCCCCC)CC12. The largest absolute Gasteiger partial charge is 0.459 e. The van der Waals surface area contributed by atoms with Gasteiger partial charge >= 0.3 is 5.97 Å². The van der Waals surface area contributed by atoms with Gasteiger partial charge in [-0.25, -0.2) is 0 Å². The third-order valence-electron chi connectivity index (χ3n) is 9.17. The average Bonchev–Trinajstić information content (AvgIpc) is 2.81. The molecule has 0 spiro atoms. The number of hydrogen-bond acceptors (Lipinski definition) is 2. The van der Waals surface area contributed by atoms with E-state index in [0.29, 0.717) is 23.7 Å². The van der Waals surface area contributed by atoms with Crippen molar-refractivity contribution in [2.75, 3.05) is 0 Å². The van der Waals surface area contributed by atoms with Gasteiger partial charge in [-0.2, -0.15) is 0 Å². The van der Waals surface area contributed by atoms with Crippen LogP contribution in [0.5, 0.6) is 0 Å². The smallest absolute Gasteiger partial charge is 0.306 e. The number of hydrogen-bond donors (Lipinski definition) is 0. The van der Waals surface area contributed by atoms with Crippen LogP contribution in [-0.2, 0) is 9.53 Å². The maximum atomic E-state index is 12.6. The minimum Gasteiger partial charge on any atom is -0.459 e. The highest BCUT2D eigenvalue weighted by Gasteiger charge is 2.47. The number of allylic oxidation sites excluding steroid dienone is 3. The van der Waals surface area contributed by atoms with E-state index in [1.54, 1.807) is 0 Å². The van der Waals surface area contributed by atoms with E-state index < -0.39 is 0 Å². The van der Waals surface area contributed by atoms with E-state index in [9.17, 15) is 4.79 Å². The van der Waals surface area contributed by atoms with Gasteiger partial charge in [0.1, 0.15) is 5.60 Å². The fourth-order valence-corrected chi connectivity index (χ4v) is 6.62. The number of ether oxygens (including phenoxy) is 1. The van der Waals surface area contributed by atoms with Crippen molar-refractivity contribution in [2.45, 2.75) is 162 Å². The highest BCUT2D eigenvalue weighted by molar-refractivity contribution is 5.69. The van der Waals surface area contributed by atoms with Crippen LogP contribution in [0.25, 0.3) is 0 Å². The lowest BCUT2D eigenvalue weighted by molar-refractivity contribution is -0.165. The molecule has 0 aromatic rings. The fraction of sp³-hybridized carbons (Fsp3) is 0.848. The Balaban J connectivity index is 1.51. The standard InChI is InChI=1S/C33H58O2/c1-6-7-8-9-10-11-12-13-14-15-16-17-18-19-20-23-31(34)35-32(3,4)29-24-26-33(5)25-21-22-28(2)30(33)27-29/h13-14,29-30H,2,6-12,15-27H2,1,3-5H3. The summed E-state index contributed by atoms with van der Waals surface area (Å²) in [4.78, 5) is 12.6. The molecule has 35 heavy (non-hydrogen) atoms. The Kier molecular flexibility index (Phi) is 13.7. The van der Waals surface area contributed by atoms with Crippen molar-refractivity contribution in [3.05, 3.63) is 24.3 Å². The Morgan fingerprint density at radius 2 is 1.57 bits per heavy atom. The normalized spacial score (nSPS) is 25.1. The van der Waals surface area contributed by atoms with Gasteiger partial charge in [-0.05, 0) is 102 Å². The molecule has 0 radical (unpaired) electrons. The van der Waals surface area contributed by atoms with Crippen molar-refractivity contribution in [3.63, 3.8) is 0 Å². The van der Waals surface area contributed by atoms with Gasteiger partial charge in [0.25, 0.3) is 0 Å². The van der Waals surface area contributed by atoms with Crippen molar-refractivity contribution in [1.82, 2.24) is 0 Å². The van der Waals surface area contributed by atoms with Gasteiger partial charge in [0, 0.05) is 6.42 Å². The summed E-state index contributed by atoms with van der Waals surface area (Å²) >= 11 is 0. The van der Waals surface area contributed by atoms with Crippen molar-refractivity contribution in [3.8, 4) is 0 Å². The third kappa shape index (κ3) is 10.8. The molecule has 0 saturated heterocycles. The van der Waals surface area contributed by atoms with E-state index >= 15 is 0 Å². The van der Waals surface area contributed by atoms with Crippen molar-refractivity contribution in [1.29, 1.82) is 0 Å². The highest BCUT2D eigenvalue weighted by Crippen LogP contribution is 2.55. The molecule has 0 aromatic carbocycles. The predicted molar refractivity (Wildman–Crippen MR) is 152 cm³/mol. The predicted octanol–water partition coefficient (Wildman–Crippen LogP) is 10.5. The topological polar surface area (TPSA) is 26.3 Å². The first kappa shape index (κ1) is 30.2. The van der Waals surface area contributed by atoms with Crippen LogP contribution in [-0.4, -0.2) is 11.6 Å². The van der Waals surface area contributed by atoms with E-state index in [1.807, 2.05) is 0 Å². The van der Waals surface area contributed by atoms with Crippen LogP contribution in [0.3, 0.4) is 0 Å². The lowest BCUT2D eigenvalue weighted by atomic mass is 9.55. The molecule has 0 N–H and O–H groups in total. The van der Waals surface area contributed by atoms with Gasteiger partial charge in [0.2, 0.25) is 0 Å². The molecule has 0 aromatic heterocycles. The molecule has 2 heteroatoms. The summed E-state index contributed by atoms with van der Waals surface area (Å²) in [6.07, 6.45) is 29.3. The van der Waals surface area contributed by atoms with Gasteiger partial charge in [-0.1, -0.05) is 89.5 Å². The zero-order valence-electron chi connectivity index (χ0n) is 24.0. The number of esters is 1. The van der Waals surface area contributed by atoms with Gasteiger partial charge in [-0.3, -0.25) is 4.79 Å². The van der Waals surface area contributed by atoms with E-state index in [0.717, 1.165) is 19.3 Å². The lowest BCUT2D eigenvalue weighted by Gasteiger charge is -2.51. The number of rotatable bonds is 17. The van der Waals surface area contributed by atoms with Gasteiger partial charge in [0.15, 0.2) is 0 Å². The molecule has 0 heterocycles. The number of carbonyl (C=O) groups is 1. The molecule has 2 aliphatic carbocycles. The molecule has 0 bridgehead atoms. The summed E-state index contributed by atoms with van der Waals surface area (Å²) in [5.41, 5.74) is 1.51. The summed E-state index contributed by atoms with van der Waals surface area (Å²) in [7, 11) is 0. The molecule has 0 aliphatic heterocycles. The van der Waals surface area contributed by atoms with Crippen molar-refractivity contribution < 1.29 is 9.53 Å². The minimum atomic E-state index is -0.363. The van der Waals surface area contributed by atoms with E-state index in [1.165, 1.54) is 108 Å². The summed E-state index contributed by atoms with van der Waals surface area (Å²) < 4.78 is 6.07. The number of carbonyl (C=O) groups excluding carboxylic acids is 1. The van der Waals surface area contributed by atoms with Crippen molar-refractivity contribution in [2.24, 2.45) is 17.3 Å². The van der Waals surface area contributed by atoms with Crippen LogP contribution in [0.4, 0.5) is 0 Å². The van der Waals surface area contributed by atoms with Gasteiger partial charge < -0.3 is 4.74 Å². The molecule has 2 saturated carbocycles. The van der Waals surface area contributed by atoms with Crippen LogP contribution in [0.2, 0.25) is 0 Å². The molecule has 202 valence electrons. The van der Waals surface area contributed by atoms with Crippen LogP contribution < -0.4 is 0 Å². The molecule has 2 rings (SSSR count). The molecule has 2 fully saturated rings. The van der Waals surface area contributed by atoms with Crippen LogP contribution in [0, 0.1) is 17.3 Å². The number of unbranched alkanes of at least 4 members (excludes halogenated alkanes) is 11. The Hall–Kier alpha value is -1.05. The molecule has 3 atom stereocenters. The van der Waals surface area contributed by atoms with Gasteiger partial charge in [-0.15, -0.1) is 0 Å². The molecule has 2 aliphatic rings. The summed E-state index contributed by atoms with van der Waals surface area (Å²) in [6.45, 7) is 13.4. The van der Waals surface area contributed by atoms with Crippen LogP contribution in [0.15, 0.2) is 24.3 Å². The fourth-order valence-electron chi connectivity index (χ4n) is 6.62. The molecule has 2 nitrogen and oxygen atoms in total. The first-order chi connectivity index (χ1) is 16.8. The maximum Gasteiger partial charge on any atom is 0.306 e. The molecular formula is C33H58O2. The second kappa shape index (κ2) is 15.9. The van der Waals surface area contributed by atoms with Crippen molar-refractivity contribution >= 4 is 5.97 Å². The van der Waals surface area contributed by atoms with E-state index in [4.69, 9.17) is 4.74 Å². The minimum absolute atomic E-state index is 0.00318. The quantitative estimate of drug-likeness (QED) is 0.116. The Labute approximate surface area is 218 Å². The van der Waals surface area contributed by atoms with E-state index in [-0.39, 0.29) is 11.6 Å². The third-order valence-corrected chi connectivity index (χ3v) is 9.17. The Morgan fingerprint density at radius 1 is 0.971 bits per heavy atom. The monoisotopic (exact) mass is 486 g/mol. The maximum absolute atomic E-state index is 12.6. The zero-order chi connectivity index (χ0) is 25.6.